The fourth-order valence-corrected chi connectivity index (χ4v) is 3.30. The average molecular weight is 336 g/mol. The maximum Gasteiger partial charge on any atom is 0.331 e. The van der Waals surface area contributed by atoms with Gasteiger partial charge in [0.2, 0.25) is 0 Å². The molecule has 0 unspecified atom stereocenters. The van der Waals surface area contributed by atoms with E-state index in [1.54, 1.807) is 0 Å². The van der Waals surface area contributed by atoms with Gasteiger partial charge in [0.1, 0.15) is 0 Å². The maximum atomic E-state index is 11.6. The van der Waals surface area contributed by atoms with Crippen LogP contribution in [-0.4, -0.2) is 20.1 Å². The van der Waals surface area contributed by atoms with Crippen molar-refractivity contribution >= 4 is 17.3 Å². The van der Waals surface area contributed by atoms with Gasteiger partial charge in [-0.3, -0.25) is 0 Å². The summed E-state index contributed by atoms with van der Waals surface area (Å²) in [5.74, 6) is -0.350. The van der Waals surface area contributed by atoms with Crippen LogP contribution in [0.4, 0.5) is 11.4 Å². The van der Waals surface area contributed by atoms with E-state index in [0.29, 0.717) is 6.54 Å². The van der Waals surface area contributed by atoms with E-state index in [1.807, 2.05) is 6.20 Å². The number of rotatable bonds is 2. The SMILES string of the molecule is COC(=O)/C=C/N1Cc2cc(C)ccc2N(C)Cc2cc(C)ccc21. The Morgan fingerprint density at radius 2 is 1.60 bits per heavy atom. The lowest BCUT2D eigenvalue weighted by molar-refractivity contribution is -0.134. The van der Waals surface area contributed by atoms with Crippen LogP contribution in [0.25, 0.3) is 0 Å². The van der Waals surface area contributed by atoms with E-state index >= 15 is 0 Å². The van der Waals surface area contributed by atoms with Crippen molar-refractivity contribution in [2.45, 2.75) is 26.9 Å². The van der Waals surface area contributed by atoms with Gasteiger partial charge in [-0.2, -0.15) is 0 Å². The number of fused-ring (bicyclic) bond motifs is 2. The molecule has 4 nitrogen and oxygen atoms in total. The van der Waals surface area contributed by atoms with Crippen LogP contribution in [0.15, 0.2) is 48.7 Å². The summed E-state index contributed by atoms with van der Waals surface area (Å²) in [6.45, 7) is 5.72. The summed E-state index contributed by atoms with van der Waals surface area (Å²) in [7, 11) is 3.52. The number of carbonyl (C=O) groups is 1. The number of hydrogen-bond donors (Lipinski definition) is 0. The van der Waals surface area contributed by atoms with Crippen molar-refractivity contribution in [2.24, 2.45) is 0 Å². The van der Waals surface area contributed by atoms with Crippen molar-refractivity contribution in [1.29, 1.82) is 0 Å². The second kappa shape index (κ2) is 7.01. The quantitative estimate of drug-likeness (QED) is 0.614. The molecule has 3 rings (SSSR count). The van der Waals surface area contributed by atoms with Crippen molar-refractivity contribution in [3.8, 4) is 0 Å². The lowest BCUT2D eigenvalue weighted by atomic mass is 10.0. The average Bonchev–Trinajstić information content (AvgIpc) is 2.57. The van der Waals surface area contributed by atoms with Crippen molar-refractivity contribution in [2.75, 3.05) is 24.0 Å². The fraction of sp³-hybridized carbons (Fsp3) is 0.286. The Labute approximate surface area is 149 Å². The monoisotopic (exact) mass is 336 g/mol. The molecule has 0 spiro atoms. The van der Waals surface area contributed by atoms with Gasteiger partial charge in [-0.05, 0) is 37.1 Å². The van der Waals surface area contributed by atoms with Gasteiger partial charge < -0.3 is 14.5 Å². The van der Waals surface area contributed by atoms with Crippen LogP contribution < -0.4 is 9.80 Å². The molecule has 1 aliphatic heterocycles. The van der Waals surface area contributed by atoms with Gasteiger partial charge in [-0.25, -0.2) is 4.79 Å². The highest BCUT2D eigenvalue weighted by Gasteiger charge is 2.19. The molecule has 0 N–H and O–H groups in total. The molecule has 0 aliphatic carbocycles. The molecule has 0 bridgehead atoms. The molecule has 0 saturated carbocycles. The smallest absolute Gasteiger partial charge is 0.331 e. The zero-order valence-corrected chi connectivity index (χ0v) is 15.2. The minimum absolute atomic E-state index is 0.350. The van der Waals surface area contributed by atoms with Crippen molar-refractivity contribution in [1.82, 2.24) is 0 Å². The summed E-state index contributed by atoms with van der Waals surface area (Å²) in [4.78, 5) is 16.0. The molecule has 0 atom stereocenters. The first-order valence-corrected chi connectivity index (χ1v) is 8.41. The van der Waals surface area contributed by atoms with Gasteiger partial charge in [-0.1, -0.05) is 35.4 Å². The molecular weight excluding hydrogens is 312 g/mol. The Bertz CT molecular complexity index is 827. The molecule has 130 valence electrons. The van der Waals surface area contributed by atoms with Crippen molar-refractivity contribution in [3.05, 3.63) is 70.9 Å². The highest BCUT2D eigenvalue weighted by molar-refractivity contribution is 5.82. The van der Waals surface area contributed by atoms with Gasteiger partial charge >= 0.3 is 5.97 Å². The number of aryl methyl sites for hydroxylation is 2. The van der Waals surface area contributed by atoms with Crippen LogP contribution in [0, 0.1) is 13.8 Å². The van der Waals surface area contributed by atoms with E-state index < -0.39 is 0 Å². The van der Waals surface area contributed by atoms with E-state index in [9.17, 15) is 4.79 Å². The third-order valence-corrected chi connectivity index (χ3v) is 4.53. The van der Waals surface area contributed by atoms with Crippen LogP contribution in [0.3, 0.4) is 0 Å². The minimum atomic E-state index is -0.350. The topological polar surface area (TPSA) is 32.8 Å². The van der Waals surface area contributed by atoms with E-state index in [2.05, 4.69) is 67.1 Å². The summed E-state index contributed by atoms with van der Waals surface area (Å²) < 4.78 is 4.75. The number of carbonyl (C=O) groups excluding carboxylic acids is 1. The molecular formula is C21H24N2O2. The Hall–Kier alpha value is -2.75. The van der Waals surface area contributed by atoms with Gasteiger partial charge in [0.25, 0.3) is 0 Å². The highest BCUT2D eigenvalue weighted by atomic mass is 16.5. The normalized spacial score (nSPS) is 13.9. The predicted octanol–water partition coefficient (Wildman–Crippen LogP) is 3.95. The molecule has 1 heterocycles. The number of methoxy groups -OCH3 is 1. The highest BCUT2D eigenvalue weighted by Crippen LogP contribution is 2.33. The second-order valence-corrected chi connectivity index (χ2v) is 6.59. The zero-order chi connectivity index (χ0) is 18.0. The molecule has 0 radical (unpaired) electrons. The van der Waals surface area contributed by atoms with E-state index in [-0.39, 0.29) is 5.97 Å². The predicted molar refractivity (Wildman–Crippen MR) is 102 cm³/mol. The first-order chi connectivity index (χ1) is 12.0. The molecule has 25 heavy (non-hydrogen) atoms. The van der Waals surface area contributed by atoms with E-state index in [4.69, 9.17) is 4.74 Å². The number of benzene rings is 2. The van der Waals surface area contributed by atoms with Gasteiger partial charge in [0.05, 0.1) is 7.11 Å². The number of esters is 1. The summed E-state index contributed by atoms with van der Waals surface area (Å²) in [5, 5.41) is 0. The van der Waals surface area contributed by atoms with E-state index in [0.717, 1.165) is 12.2 Å². The zero-order valence-electron chi connectivity index (χ0n) is 15.2. The molecule has 2 aromatic carbocycles. The second-order valence-electron chi connectivity index (χ2n) is 6.59. The Morgan fingerprint density at radius 3 is 2.24 bits per heavy atom. The molecule has 4 heteroatoms. The Morgan fingerprint density at radius 1 is 1.00 bits per heavy atom. The summed E-state index contributed by atoms with van der Waals surface area (Å²) in [5.41, 5.74) is 7.27. The number of anilines is 2. The molecule has 0 amide bonds. The van der Waals surface area contributed by atoms with Crippen molar-refractivity contribution < 1.29 is 9.53 Å². The van der Waals surface area contributed by atoms with Gasteiger partial charge in [0, 0.05) is 43.8 Å². The number of hydrogen-bond acceptors (Lipinski definition) is 4. The lowest BCUT2D eigenvalue weighted by Crippen LogP contribution is -2.27. The standard InChI is InChI=1S/C21H24N2O2/c1-15-5-7-19-18(12-15)14-23(10-9-21(24)25-4)20-8-6-16(2)11-17(20)13-22(19)3/h5-12H,13-14H2,1-4H3/b10-9+. The minimum Gasteiger partial charge on any atom is -0.466 e. The Kier molecular flexibility index (Phi) is 4.79. The maximum absolute atomic E-state index is 11.6. The Balaban J connectivity index is 2.09. The first-order valence-electron chi connectivity index (χ1n) is 8.41. The van der Waals surface area contributed by atoms with Gasteiger partial charge in [-0.15, -0.1) is 0 Å². The van der Waals surface area contributed by atoms with Crippen molar-refractivity contribution in [3.63, 3.8) is 0 Å². The van der Waals surface area contributed by atoms with Crippen LogP contribution in [0.1, 0.15) is 22.3 Å². The molecule has 2 aromatic rings. The third kappa shape index (κ3) is 3.68. The largest absolute Gasteiger partial charge is 0.466 e. The number of ether oxygens (including phenoxy) is 1. The third-order valence-electron chi connectivity index (χ3n) is 4.53. The van der Waals surface area contributed by atoms with Crippen LogP contribution in [-0.2, 0) is 22.6 Å². The lowest BCUT2D eigenvalue weighted by Gasteiger charge is -2.32. The first kappa shape index (κ1) is 17.1. The molecule has 0 saturated heterocycles. The van der Waals surface area contributed by atoms with E-state index in [1.165, 1.54) is 41.1 Å². The summed E-state index contributed by atoms with van der Waals surface area (Å²) in [6.07, 6.45) is 3.29. The van der Waals surface area contributed by atoms with Crippen LogP contribution >= 0.6 is 0 Å². The number of nitrogens with zero attached hydrogens (tertiary/aromatic N) is 2. The molecule has 0 aromatic heterocycles. The molecule has 1 aliphatic rings. The fourth-order valence-electron chi connectivity index (χ4n) is 3.30. The van der Waals surface area contributed by atoms with Crippen LogP contribution in [0.5, 0.6) is 0 Å². The molecule has 0 fully saturated rings. The summed E-state index contributed by atoms with van der Waals surface area (Å²) >= 11 is 0. The summed E-state index contributed by atoms with van der Waals surface area (Å²) in [6, 6.07) is 13.0. The van der Waals surface area contributed by atoms with Crippen LogP contribution in [0.2, 0.25) is 0 Å². The van der Waals surface area contributed by atoms with Gasteiger partial charge in [0.15, 0.2) is 0 Å².